The standard InChI is InChI=1S/C17H24ClN3O2/c1-5-23-17-14(18)8-13(9-16(17)22-4)15(10-19)21-7-6-20(3)11-12(21)2/h8-9,12,15H,5-7,11H2,1-4H3. The van der Waals surface area contributed by atoms with Crippen molar-refractivity contribution in [3.05, 3.63) is 22.7 Å². The number of nitrogens with zero attached hydrogens (tertiary/aromatic N) is 3. The second kappa shape index (κ2) is 7.87. The SMILES string of the molecule is CCOc1c(Cl)cc(C(C#N)N2CCN(C)CC2C)cc1OC. The minimum atomic E-state index is -0.347. The van der Waals surface area contributed by atoms with Crippen LogP contribution in [0, 0.1) is 11.3 Å². The van der Waals surface area contributed by atoms with Gasteiger partial charge in [0.2, 0.25) is 0 Å². The maximum atomic E-state index is 9.72. The zero-order valence-electron chi connectivity index (χ0n) is 14.2. The molecule has 1 aromatic carbocycles. The molecule has 1 saturated heterocycles. The van der Waals surface area contributed by atoms with E-state index < -0.39 is 0 Å². The third kappa shape index (κ3) is 3.89. The molecule has 0 amide bonds. The van der Waals surface area contributed by atoms with E-state index in [-0.39, 0.29) is 6.04 Å². The number of benzene rings is 1. The topological polar surface area (TPSA) is 48.7 Å². The molecule has 2 rings (SSSR count). The van der Waals surface area contributed by atoms with Gasteiger partial charge < -0.3 is 14.4 Å². The lowest BCUT2D eigenvalue weighted by atomic mass is 10.0. The van der Waals surface area contributed by atoms with Crippen molar-refractivity contribution in [2.75, 3.05) is 40.4 Å². The molecule has 1 heterocycles. The first kappa shape index (κ1) is 17.9. The van der Waals surface area contributed by atoms with E-state index in [0.29, 0.717) is 29.2 Å². The minimum Gasteiger partial charge on any atom is -0.493 e. The molecule has 2 atom stereocenters. The Morgan fingerprint density at radius 1 is 1.43 bits per heavy atom. The van der Waals surface area contributed by atoms with Gasteiger partial charge in [-0.2, -0.15) is 5.26 Å². The van der Waals surface area contributed by atoms with Crippen LogP contribution in [0.2, 0.25) is 5.02 Å². The summed E-state index contributed by atoms with van der Waals surface area (Å²) in [4.78, 5) is 4.49. The molecule has 23 heavy (non-hydrogen) atoms. The molecule has 126 valence electrons. The Hall–Kier alpha value is -1.48. The van der Waals surface area contributed by atoms with Crippen molar-refractivity contribution < 1.29 is 9.47 Å². The van der Waals surface area contributed by atoms with Crippen LogP contribution in [0.15, 0.2) is 12.1 Å². The predicted octanol–water partition coefficient (Wildman–Crippen LogP) is 2.95. The zero-order chi connectivity index (χ0) is 17.0. The Labute approximate surface area is 143 Å². The number of methoxy groups -OCH3 is 1. The van der Waals surface area contributed by atoms with Crippen molar-refractivity contribution in [3.63, 3.8) is 0 Å². The number of hydrogen-bond acceptors (Lipinski definition) is 5. The van der Waals surface area contributed by atoms with Gasteiger partial charge in [-0.05, 0) is 38.6 Å². The first-order chi connectivity index (χ1) is 11.0. The van der Waals surface area contributed by atoms with Crippen molar-refractivity contribution in [3.8, 4) is 17.6 Å². The smallest absolute Gasteiger partial charge is 0.179 e. The predicted molar refractivity (Wildman–Crippen MR) is 91.2 cm³/mol. The van der Waals surface area contributed by atoms with Gasteiger partial charge in [0.05, 0.1) is 24.8 Å². The molecular weight excluding hydrogens is 314 g/mol. The quantitative estimate of drug-likeness (QED) is 0.826. The third-order valence-corrected chi connectivity index (χ3v) is 4.47. The van der Waals surface area contributed by atoms with Gasteiger partial charge in [0.15, 0.2) is 11.5 Å². The fourth-order valence-electron chi connectivity index (χ4n) is 3.06. The number of rotatable bonds is 5. The normalized spacial score (nSPS) is 20.8. The Balaban J connectivity index is 2.35. The second-order valence-corrected chi connectivity index (χ2v) is 6.26. The van der Waals surface area contributed by atoms with E-state index in [1.807, 2.05) is 19.1 Å². The van der Waals surface area contributed by atoms with Crippen LogP contribution in [0.1, 0.15) is 25.5 Å². The van der Waals surface area contributed by atoms with E-state index in [0.717, 1.165) is 25.2 Å². The molecule has 2 unspecified atom stereocenters. The lowest BCUT2D eigenvalue weighted by Crippen LogP contribution is -2.51. The molecule has 1 aliphatic heterocycles. The van der Waals surface area contributed by atoms with Crippen LogP contribution in [-0.2, 0) is 0 Å². The molecular formula is C17H24ClN3O2. The maximum absolute atomic E-state index is 9.72. The molecule has 0 bridgehead atoms. The van der Waals surface area contributed by atoms with Crippen molar-refractivity contribution >= 4 is 11.6 Å². The van der Waals surface area contributed by atoms with Crippen molar-refractivity contribution in [2.24, 2.45) is 0 Å². The van der Waals surface area contributed by atoms with Gasteiger partial charge in [-0.3, -0.25) is 4.90 Å². The molecule has 5 nitrogen and oxygen atoms in total. The number of nitriles is 1. The fraction of sp³-hybridized carbons (Fsp3) is 0.588. The van der Waals surface area contributed by atoms with Gasteiger partial charge in [0, 0.05) is 25.7 Å². The number of ether oxygens (including phenoxy) is 2. The minimum absolute atomic E-state index is 0.301. The average Bonchev–Trinajstić information content (AvgIpc) is 2.52. The summed E-state index contributed by atoms with van der Waals surface area (Å²) in [7, 11) is 3.68. The lowest BCUT2D eigenvalue weighted by Gasteiger charge is -2.40. The Morgan fingerprint density at radius 2 is 2.17 bits per heavy atom. The van der Waals surface area contributed by atoms with Crippen LogP contribution in [0.25, 0.3) is 0 Å². The summed E-state index contributed by atoms with van der Waals surface area (Å²) >= 11 is 6.35. The Morgan fingerprint density at radius 3 is 2.74 bits per heavy atom. The zero-order valence-corrected chi connectivity index (χ0v) is 14.9. The van der Waals surface area contributed by atoms with Gasteiger partial charge in [0.25, 0.3) is 0 Å². The van der Waals surface area contributed by atoms with Crippen LogP contribution < -0.4 is 9.47 Å². The molecule has 1 aromatic rings. The van der Waals surface area contributed by atoms with E-state index in [1.54, 1.807) is 7.11 Å². The summed E-state index contributed by atoms with van der Waals surface area (Å²) in [6.45, 7) is 7.29. The fourth-order valence-corrected chi connectivity index (χ4v) is 3.33. The highest BCUT2D eigenvalue weighted by Crippen LogP contribution is 2.39. The molecule has 0 spiro atoms. The van der Waals surface area contributed by atoms with Crippen molar-refractivity contribution in [1.82, 2.24) is 9.80 Å². The van der Waals surface area contributed by atoms with Gasteiger partial charge in [-0.15, -0.1) is 0 Å². The van der Waals surface area contributed by atoms with Crippen molar-refractivity contribution in [2.45, 2.75) is 25.9 Å². The van der Waals surface area contributed by atoms with Gasteiger partial charge in [-0.25, -0.2) is 0 Å². The number of halogens is 1. The summed E-state index contributed by atoms with van der Waals surface area (Å²) < 4.78 is 10.9. The molecule has 6 heteroatoms. The van der Waals surface area contributed by atoms with Crippen LogP contribution in [-0.4, -0.2) is 56.2 Å². The highest BCUT2D eigenvalue weighted by atomic mass is 35.5. The summed E-state index contributed by atoms with van der Waals surface area (Å²) in [5, 5.41) is 10.2. The average molecular weight is 338 g/mol. The molecule has 0 aromatic heterocycles. The molecule has 0 aliphatic carbocycles. The van der Waals surface area contributed by atoms with Crippen LogP contribution in [0.4, 0.5) is 0 Å². The maximum Gasteiger partial charge on any atom is 0.179 e. The van der Waals surface area contributed by atoms with Crippen LogP contribution in [0.3, 0.4) is 0 Å². The summed E-state index contributed by atoms with van der Waals surface area (Å²) in [6, 6.07) is 6.04. The molecule has 1 fully saturated rings. The number of hydrogen-bond donors (Lipinski definition) is 0. The Bertz CT molecular complexity index is 588. The first-order valence-electron chi connectivity index (χ1n) is 7.85. The summed E-state index contributed by atoms with van der Waals surface area (Å²) in [5.74, 6) is 1.10. The van der Waals surface area contributed by atoms with E-state index in [1.165, 1.54) is 0 Å². The van der Waals surface area contributed by atoms with E-state index in [2.05, 4.69) is 29.8 Å². The number of likely N-dealkylation sites (N-methyl/N-ethyl adjacent to an activating group) is 1. The van der Waals surface area contributed by atoms with Gasteiger partial charge >= 0.3 is 0 Å². The Kier molecular flexibility index (Phi) is 6.11. The first-order valence-corrected chi connectivity index (χ1v) is 8.23. The monoisotopic (exact) mass is 337 g/mol. The highest BCUT2D eigenvalue weighted by molar-refractivity contribution is 6.32. The second-order valence-electron chi connectivity index (χ2n) is 5.85. The van der Waals surface area contributed by atoms with Crippen LogP contribution >= 0.6 is 11.6 Å². The van der Waals surface area contributed by atoms with E-state index >= 15 is 0 Å². The van der Waals surface area contributed by atoms with Crippen LogP contribution in [0.5, 0.6) is 11.5 Å². The molecule has 0 N–H and O–H groups in total. The molecule has 0 saturated carbocycles. The highest BCUT2D eigenvalue weighted by Gasteiger charge is 2.30. The van der Waals surface area contributed by atoms with E-state index in [9.17, 15) is 5.26 Å². The largest absolute Gasteiger partial charge is 0.493 e. The van der Waals surface area contributed by atoms with Crippen molar-refractivity contribution in [1.29, 1.82) is 5.26 Å². The molecule has 0 radical (unpaired) electrons. The summed E-state index contributed by atoms with van der Waals surface area (Å²) in [5.41, 5.74) is 0.842. The van der Waals surface area contributed by atoms with Gasteiger partial charge in [0.1, 0.15) is 6.04 Å². The number of piperazine rings is 1. The van der Waals surface area contributed by atoms with E-state index in [4.69, 9.17) is 21.1 Å². The van der Waals surface area contributed by atoms with Gasteiger partial charge in [-0.1, -0.05) is 11.6 Å². The summed E-state index contributed by atoms with van der Waals surface area (Å²) in [6.07, 6.45) is 0. The lowest BCUT2D eigenvalue weighted by molar-refractivity contribution is 0.0796. The third-order valence-electron chi connectivity index (χ3n) is 4.19. The molecule has 1 aliphatic rings.